The maximum atomic E-state index is 13.1. The highest BCUT2D eigenvalue weighted by Crippen LogP contribution is 2.27. The molecule has 0 aliphatic carbocycles. The van der Waals surface area contributed by atoms with Crippen molar-refractivity contribution in [3.63, 3.8) is 0 Å². The molecule has 1 amide bonds. The van der Waals surface area contributed by atoms with Gasteiger partial charge >= 0.3 is 0 Å². The van der Waals surface area contributed by atoms with E-state index < -0.39 is 6.43 Å². The van der Waals surface area contributed by atoms with Crippen LogP contribution in [-0.2, 0) is 13.1 Å². The van der Waals surface area contributed by atoms with Crippen molar-refractivity contribution >= 4 is 17.5 Å². The minimum absolute atomic E-state index is 0.0560. The van der Waals surface area contributed by atoms with E-state index in [0.717, 1.165) is 5.56 Å². The fourth-order valence-electron chi connectivity index (χ4n) is 3.48. The summed E-state index contributed by atoms with van der Waals surface area (Å²) in [6.07, 6.45) is 0.841. The van der Waals surface area contributed by atoms with Crippen LogP contribution < -0.4 is 0 Å². The maximum Gasteiger partial charge on any atom is 0.290 e. The van der Waals surface area contributed by atoms with Crippen LogP contribution in [0.1, 0.15) is 40.7 Å². The Balaban J connectivity index is 1.64. The molecule has 2 aromatic heterocycles. The van der Waals surface area contributed by atoms with E-state index in [0.29, 0.717) is 23.5 Å². The predicted molar refractivity (Wildman–Crippen MR) is 104 cm³/mol. The molecule has 0 N–H and O–H groups in total. The molecule has 0 saturated heterocycles. The Bertz CT molecular complexity index is 1080. The Labute approximate surface area is 171 Å². The first-order valence-electron chi connectivity index (χ1n) is 9.08. The highest BCUT2D eigenvalue weighted by Gasteiger charge is 2.32. The van der Waals surface area contributed by atoms with Crippen LogP contribution in [0.2, 0.25) is 5.28 Å². The molecule has 0 saturated carbocycles. The topological polar surface area (TPSA) is 63.9 Å². The molecule has 1 aliphatic heterocycles. The zero-order chi connectivity index (χ0) is 20.7. The zero-order valence-corrected chi connectivity index (χ0v) is 16.6. The van der Waals surface area contributed by atoms with Crippen molar-refractivity contribution in [2.24, 2.45) is 0 Å². The Morgan fingerprint density at radius 1 is 1.31 bits per heavy atom. The molecule has 0 radical (unpaired) electrons. The molecule has 6 nitrogen and oxygen atoms in total. The second kappa shape index (κ2) is 7.51. The van der Waals surface area contributed by atoms with Crippen molar-refractivity contribution in [1.82, 2.24) is 24.4 Å². The number of hydrogen-bond donors (Lipinski definition) is 0. The second-order valence-electron chi connectivity index (χ2n) is 7.10. The molecular weight excluding hydrogens is 400 g/mol. The van der Waals surface area contributed by atoms with Crippen LogP contribution in [0.5, 0.6) is 0 Å². The summed E-state index contributed by atoms with van der Waals surface area (Å²) in [5, 5.41) is 0.108. The smallest absolute Gasteiger partial charge is 0.290 e. The monoisotopic (exact) mass is 417 g/mol. The van der Waals surface area contributed by atoms with Gasteiger partial charge in [0.1, 0.15) is 5.69 Å². The lowest BCUT2D eigenvalue weighted by Crippen LogP contribution is -2.46. The third-order valence-corrected chi connectivity index (χ3v) is 5.14. The fraction of sp³-hybridized carbons (Fsp3) is 0.300. The molecule has 4 rings (SSSR count). The fourth-order valence-corrected chi connectivity index (χ4v) is 3.62. The van der Waals surface area contributed by atoms with Gasteiger partial charge in [0.15, 0.2) is 5.82 Å². The quantitative estimate of drug-likeness (QED) is 0.594. The van der Waals surface area contributed by atoms with Gasteiger partial charge in [0.25, 0.3) is 12.3 Å². The number of hydrogen-bond acceptors (Lipinski definition) is 4. The summed E-state index contributed by atoms with van der Waals surface area (Å²) in [6, 6.07) is 6.01. The Morgan fingerprint density at radius 3 is 2.86 bits per heavy atom. The van der Waals surface area contributed by atoms with E-state index in [1.165, 1.54) is 12.1 Å². The number of rotatable bonds is 4. The predicted octanol–water partition coefficient (Wildman–Crippen LogP) is 4.28. The summed E-state index contributed by atoms with van der Waals surface area (Å²) in [4.78, 5) is 27.4. The molecular formula is C20H18ClF2N5O. The van der Waals surface area contributed by atoms with Gasteiger partial charge in [-0.3, -0.25) is 4.79 Å². The minimum atomic E-state index is -2.55. The standard InChI is InChI=1S/C20H18ClF2N5O/c1-11-7-24-20(21)26-16(11)15-10-27-8-12(2)28(19(29)18(27)25-15)9-13-4-3-5-14(6-13)17(22)23/h3-7,10,12,17H,8-9H2,1-2H3/t12-/m0/s1. The number of halogens is 3. The van der Waals surface area contributed by atoms with Crippen LogP contribution in [0.3, 0.4) is 0 Å². The molecule has 9 heteroatoms. The van der Waals surface area contributed by atoms with Gasteiger partial charge in [-0.15, -0.1) is 0 Å². The van der Waals surface area contributed by atoms with Crippen molar-refractivity contribution in [3.05, 3.63) is 64.5 Å². The molecule has 0 bridgehead atoms. The van der Waals surface area contributed by atoms with Crippen LogP contribution in [0.15, 0.2) is 36.7 Å². The SMILES string of the molecule is Cc1cnc(Cl)nc1-c1cn2c(n1)C(=O)N(Cc1cccc(C(F)F)c1)[C@@H](C)C2. The van der Waals surface area contributed by atoms with Gasteiger partial charge in [-0.1, -0.05) is 18.2 Å². The van der Waals surface area contributed by atoms with Crippen LogP contribution in [-0.4, -0.2) is 36.4 Å². The average Bonchev–Trinajstić information content (AvgIpc) is 3.11. The normalized spacial score (nSPS) is 16.4. The summed E-state index contributed by atoms with van der Waals surface area (Å²) >= 11 is 5.91. The van der Waals surface area contributed by atoms with Crippen molar-refractivity contribution < 1.29 is 13.6 Å². The molecule has 29 heavy (non-hydrogen) atoms. The van der Waals surface area contributed by atoms with Gasteiger partial charge in [0, 0.05) is 37.1 Å². The third-order valence-electron chi connectivity index (χ3n) is 4.96. The average molecular weight is 418 g/mol. The van der Waals surface area contributed by atoms with Crippen molar-refractivity contribution in [1.29, 1.82) is 0 Å². The summed E-state index contributed by atoms with van der Waals surface area (Å²) < 4.78 is 27.8. The Morgan fingerprint density at radius 2 is 2.10 bits per heavy atom. The number of carbonyl (C=O) groups excluding carboxylic acids is 1. The first kappa shape index (κ1) is 19.4. The summed E-state index contributed by atoms with van der Waals surface area (Å²) in [6.45, 7) is 4.54. The highest BCUT2D eigenvalue weighted by atomic mass is 35.5. The summed E-state index contributed by atoms with van der Waals surface area (Å²) in [5.41, 5.74) is 2.51. The number of alkyl halides is 2. The largest absolute Gasteiger partial charge is 0.327 e. The van der Waals surface area contributed by atoms with Gasteiger partial charge in [-0.25, -0.2) is 23.7 Å². The molecule has 3 heterocycles. The molecule has 0 fully saturated rings. The third kappa shape index (κ3) is 3.72. The summed E-state index contributed by atoms with van der Waals surface area (Å²) in [5.74, 6) is 0.0347. The van der Waals surface area contributed by atoms with Crippen molar-refractivity contribution in [2.45, 2.75) is 39.4 Å². The lowest BCUT2D eigenvalue weighted by Gasteiger charge is -2.33. The van der Waals surface area contributed by atoms with Crippen LogP contribution >= 0.6 is 11.6 Å². The second-order valence-corrected chi connectivity index (χ2v) is 7.44. The number of aryl methyl sites for hydroxylation is 1. The molecule has 0 unspecified atom stereocenters. The number of nitrogens with zero attached hydrogens (tertiary/aromatic N) is 5. The molecule has 1 atom stereocenters. The number of carbonyl (C=O) groups is 1. The van der Waals surface area contributed by atoms with Crippen molar-refractivity contribution in [3.8, 4) is 11.4 Å². The van der Waals surface area contributed by atoms with E-state index in [1.54, 1.807) is 34.0 Å². The first-order valence-corrected chi connectivity index (χ1v) is 9.46. The van der Waals surface area contributed by atoms with E-state index in [1.807, 2.05) is 13.8 Å². The number of fused-ring (bicyclic) bond motifs is 1. The number of amides is 1. The van der Waals surface area contributed by atoms with E-state index in [4.69, 9.17) is 11.6 Å². The summed E-state index contributed by atoms with van der Waals surface area (Å²) in [7, 11) is 0. The number of benzene rings is 1. The van der Waals surface area contributed by atoms with Gasteiger partial charge in [-0.2, -0.15) is 0 Å². The van der Waals surface area contributed by atoms with E-state index in [2.05, 4.69) is 15.0 Å². The Hall–Kier alpha value is -2.87. The number of imidazole rings is 1. The lowest BCUT2D eigenvalue weighted by atomic mass is 10.1. The molecule has 1 aromatic carbocycles. The van der Waals surface area contributed by atoms with Gasteiger partial charge < -0.3 is 9.47 Å². The molecule has 150 valence electrons. The van der Waals surface area contributed by atoms with Gasteiger partial charge in [-0.05, 0) is 42.6 Å². The zero-order valence-electron chi connectivity index (χ0n) is 15.8. The van der Waals surface area contributed by atoms with Crippen LogP contribution in [0.25, 0.3) is 11.4 Å². The molecule has 0 spiro atoms. The van der Waals surface area contributed by atoms with E-state index in [-0.39, 0.29) is 35.2 Å². The van der Waals surface area contributed by atoms with E-state index >= 15 is 0 Å². The molecule has 3 aromatic rings. The van der Waals surface area contributed by atoms with Gasteiger partial charge in [0.2, 0.25) is 5.28 Å². The van der Waals surface area contributed by atoms with Crippen molar-refractivity contribution in [2.75, 3.05) is 0 Å². The number of aromatic nitrogens is 4. The maximum absolute atomic E-state index is 13.1. The van der Waals surface area contributed by atoms with Crippen LogP contribution in [0, 0.1) is 6.92 Å². The Kier molecular flexibility index (Phi) is 5.04. The highest BCUT2D eigenvalue weighted by molar-refractivity contribution is 6.28. The van der Waals surface area contributed by atoms with Crippen LogP contribution in [0.4, 0.5) is 8.78 Å². The van der Waals surface area contributed by atoms with E-state index in [9.17, 15) is 13.6 Å². The first-order chi connectivity index (χ1) is 13.8. The van der Waals surface area contributed by atoms with Gasteiger partial charge in [0.05, 0.1) is 5.69 Å². The minimum Gasteiger partial charge on any atom is -0.327 e. The lowest BCUT2D eigenvalue weighted by molar-refractivity contribution is 0.0587. The molecule has 1 aliphatic rings.